The molecule has 2 aromatic rings. The van der Waals surface area contributed by atoms with E-state index in [-0.39, 0.29) is 5.56 Å². The summed E-state index contributed by atoms with van der Waals surface area (Å²) in [6, 6.07) is 3.69. The first-order valence-electron chi connectivity index (χ1n) is 5.27. The van der Waals surface area contributed by atoms with Crippen LogP contribution in [0, 0.1) is 11.8 Å². The number of anilines is 1. The molecule has 0 aliphatic carbocycles. The van der Waals surface area contributed by atoms with Crippen molar-refractivity contribution in [1.29, 1.82) is 0 Å². The van der Waals surface area contributed by atoms with Crippen LogP contribution < -0.4 is 10.9 Å². The molecule has 98 valence electrons. The van der Waals surface area contributed by atoms with Gasteiger partial charge in [0.15, 0.2) is 5.82 Å². The lowest BCUT2D eigenvalue weighted by molar-refractivity contribution is 0.102. The van der Waals surface area contributed by atoms with Gasteiger partial charge in [-0.05, 0) is 12.1 Å². The van der Waals surface area contributed by atoms with Crippen LogP contribution in [-0.4, -0.2) is 15.5 Å². The minimum Gasteiger partial charge on any atom is -0.321 e. The molecule has 0 bridgehead atoms. The van der Waals surface area contributed by atoms with E-state index in [0.717, 1.165) is 12.3 Å². The zero-order valence-corrected chi connectivity index (χ0v) is 9.85. The Morgan fingerprint density at radius 2 is 2.05 bits per heavy atom. The van der Waals surface area contributed by atoms with E-state index in [1.807, 2.05) is 0 Å². The standard InChI is InChI=1S/C12H9F2N3O2/c1-17-6-7(2-3-9(17)18)16-12(19)8-4-5-15-11(14)10(8)13/h2-6H,1H3,(H,16,19). The maximum absolute atomic E-state index is 13.3. The number of rotatable bonds is 2. The first-order valence-corrected chi connectivity index (χ1v) is 5.27. The molecule has 2 rings (SSSR count). The van der Waals surface area contributed by atoms with E-state index in [0.29, 0.717) is 5.69 Å². The number of carbonyl (C=O) groups excluding carboxylic acids is 1. The number of aromatic nitrogens is 2. The summed E-state index contributed by atoms with van der Waals surface area (Å²) < 4.78 is 27.5. The maximum Gasteiger partial charge on any atom is 0.258 e. The number of nitrogens with one attached hydrogen (secondary N) is 1. The van der Waals surface area contributed by atoms with Crippen molar-refractivity contribution in [2.45, 2.75) is 0 Å². The number of aryl methyl sites for hydroxylation is 1. The van der Waals surface area contributed by atoms with Crippen LogP contribution in [0.1, 0.15) is 10.4 Å². The van der Waals surface area contributed by atoms with Gasteiger partial charge in [-0.2, -0.15) is 4.39 Å². The Morgan fingerprint density at radius 3 is 2.74 bits per heavy atom. The molecule has 2 aromatic heterocycles. The average molecular weight is 265 g/mol. The number of hydrogen-bond acceptors (Lipinski definition) is 3. The number of hydrogen-bond donors (Lipinski definition) is 1. The monoisotopic (exact) mass is 265 g/mol. The molecule has 5 nitrogen and oxygen atoms in total. The highest BCUT2D eigenvalue weighted by Crippen LogP contribution is 2.12. The van der Waals surface area contributed by atoms with Crippen LogP contribution in [0.3, 0.4) is 0 Å². The molecule has 0 aromatic carbocycles. The Hall–Kier alpha value is -2.57. The van der Waals surface area contributed by atoms with Crippen LogP contribution in [-0.2, 0) is 7.05 Å². The normalized spacial score (nSPS) is 10.3. The van der Waals surface area contributed by atoms with Crippen LogP contribution in [0.15, 0.2) is 35.4 Å². The van der Waals surface area contributed by atoms with Gasteiger partial charge in [0.05, 0.1) is 11.3 Å². The van der Waals surface area contributed by atoms with E-state index >= 15 is 0 Å². The Bertz CT molecular complexity index is 698. The number of halogens is 2. The van der Waals surface area contributed by atoms with E-state index in [2.05, 4.69) is 10.3 Å². The van der Waals surface area contributed by atoms with E-state index in [1.165, 1.54) is 29.9 Å². The molecule has 19 heavy (non-hydrogen) atoms. The van der Waals surface area contributed by atoms with Crippen molar-refractivity contribution >= 4 is 11.6 Å². The smallest absolute Gasteiger partial charge is 0.258 e. The lowest BCUT2D eigenvalue weighted by Gasteiger charge is -2.07. The average Bonchev–Trinajstić information content (AvgIpc) is 2.37. The summed E-state index contributed by atoms with van der Waals surface area (Å²) in [5.74, 6) is -3.48. The largest absolute Gasteiger partial charge is 0.321 e. The van der Waals surface area contributed by atoms with Crippen LogP contribution in [0.5, 0.6) is 0 Å². The first kappa shape index (κ1) is 12.9. The maximum atomic E-state index is 13.3. The molecule has 0 aliphatic rings. The zero-order chi connectivity index (χ0) is 14.0. The molecule has 1 N–H and O–H groups in total. The van der Waals surface area contributed by atoms with Crippen molar-refractivity contribution in [3.63, 3.8) is 0 Å². The third-order valence-electron chi connectivity index (χ3n) is 2.43. The van der Waals surface area contributed by atoms with Crippen LogP contribution in [0.4, 0.5) is 14.5 Å². The number of nitrogens with zero attached hydrogens (tertiary/aromatic N) is 2. The van der Waals surface area contributed by atoms with Gasteiger partial charge in [-0.3, -0.25) is 9.59 Å². The second-order valence-electron chi connectivity index (χ2n) is 3.78. The van der Waals surface area contributed by atoms with E-state index in [4.69, 9.17) is 0 Å². The molecule has 0 fully saturated rings. The van der Waals surface area contributed by atoms with Crippen molar-refractivity contribution in [1.82, 2.24) is 9.55 Å². The Balaban J connectivity index is 2.28. The van der Waals surface area contributed by atoms with Gasteiger partial charge in [-0.1, -0.05) is 0 Å². The third-order valence-corrected chi connectivity index (χ3v) is 2.43. The summed E-state index contributed by atoms with van der Waals surface area (Å²) >= 11 is 0. The van der Waals surface area contributed by atoms with E-state index < -0.39 is 23.2 Å². The molecule has 1 amide bonds. The molecule has 0 saturated carbocycles. The van der Waals surface area contributed by atoms with Gasteiger partial charge in [-0.25, -0.2) is 9.37 Å². The Labute approximate surface area is 106 Å². The van der Waals surface area contributed by atoms with Gasteiger partial charge in [0.25, 0.3) is 5.91 Å². The number of amides is 1. The van der Waals surface area contributed by atoms with E-state index in [9.17, 15) is 18.4 Å². The Morgan fingerprint density at radius 1 is 1.32 bits per heavy atom. The van der Waals surface area contributed by atoms with Gasteiger partial charge in [0.1, 0.15) is 0 Å². The fourth-order valence-electron chi connectivity index (χ4n) is 1.46. The Kier molecular flexibility index (Phi) is 3.37. The van der Waals surface area contributed by atoms with Crippen LogP contribution in [0.2, 0.25) is 0 Å². The SMILES string of the molecule is Cn1cc(NC(=O)c2ccnc(F)c2F)ccc1=O. The second kappa shape index (κ2) is 4.97. The molecule has 7 heteroatoms. The predicted molar refractivity (Wildman–Crippen MR) is 63.8 cm³/mol. The highest BCUT2D eigenvalue weighted by Gasteiger charge is 2.16. The van der Waals surface area contributed by atoms with Gasteiger partial charge < -0.3 is 9.88 Å². The minimum atomic E-state index is -1.34. The summed E-state index contributed by atoms with van der Waals surface area (Å²) in [7, 11) is 1.50. The summed E-state index contributed by atoms with van der Waals surface area (Å²) in [5.41, 5.74) is -0.413. The van der Waals surface area contributed by atoms with Crippen molar-refractivity contribution in [2.24, 2.45) is 7.05 Å². The molecule has 0 spiro atoms. The van der Waals surface area contributed by atoms with Gasteiger partial charge in [0, 0.05) is 25.5 Å². The summed E-state index contributed by atoms with van der Waals surface area (Å²) in [6.07, 6.45) is 2.36. The fraction of sp³-hybridized carbons (Fsp3) is 0.0833. The highest BCUT2D eigenvalue weighted by atomic mass is 19.2. The second-order valence-corrected chi connectivity index (χ2v) is 3.78. The zero-order valence-electron chi connectivity index (χ0n) is 9.85. The van der Waals surface area contributed by atoms with Crippen LogP contribution in [0.25, 0.3) is 0 Å². The molecule has 0 aliphatic heterocycles. The molecule has 0 atom stereocenters. The van der Waals surface area contributed by atoms with Crippen LogP contribution >= 0.6 is 0 Å². The molecular weight excluding hydrogens is 256 g/mol. The highest BCUT2D eigenvalue weighted by molar-refractivity contribution is 6.04. The van der Waals surface area contributed by atoms with Crippen molar-refractivity contribution in [2.75, 3.05) is 5.32 Å². The van der Waals surface area contributed by atoms with Gasteiger partial charge >= 0.3 is 0 Å². The van der Waals surface area contributed by atoms with Crippen molar-refractivity contribution in [3.8, 4) is 0 Å². The third kappa shape index (κ3) is 2.65. The topological polar surface area (TPSA) is 64.0 Å². The van der Waals surface area contributed by atoms with Gasteiger partial charge in [0.2, 0.25) is 11.5 Å². The molecule has 0 saturated heterocycles. The number of pyridine rings is 2. The van der Waals surface area contributed by atoms with E-state index in [1.54, 1.807) is 0 Å². The molecule has 0 radical (unpaired) electrons. The summed E-state index contributed by atoms with van der Waals surface area (Å²) in [5, 5.41) is 2.36. The number of carbonyl (C=O) groups is 1. The molecule has 0 unspecified atom stereocenters. The lowest BCUT2D eigenvalue weighted by Crippen LogP contribution is -2.19. The fourth-order valence-corrected chi connectivity index (χ4v) is 1.46. The quantitative estimate of drug-likeness (QED) is 0.833. The minimum absolute atomic E-state index is 0.251. The predicted octanol–water partition coefficient (Wildman–Crippen LogP) is 1.31. The van der Waals surface area contributed by atoms with Crippen molar-refractivity contribution < 1.29 is 13.6 Å². The summed E-state index contributed by atoms with van der Waals surface area (Å²) in [6.45, 7) is 0. The molecular formula is C12H9F2N3O2. The lowest BCUT2D eigenvalue weighted by atomic mass is 10.2. The molecule has 2 heterocycles. The summed E-state index contributed by atoms with van der Waals surface area (Å²) in [4.78, 5) is 26.0. The van der Waals surface area contributed by atoms with Crippen molar-refractivity contribution in [3.05, 3.63) is 58.3 Å². The van der Waals surface area contributed by atoms with Gasteiger partial charge in [-0.15, -0.1) is 0 Å². The first-order chi connectivity index (χ1) is 8.99.